The summed E-state index contributed by atoms with van der Waals surface area (Å²) >= 11 is 0. The zero-order valence-corrected chi connectivity index (χ0v) is 16.2. The number of carboxylic acids is 1. The SMILES string of the molecule is CCN1C(=O)C(Nc2cccnc2)=C(C(C)=O)C(C(=O)O)N1Cc1ccccc1. The number of amides is 1. The number of aliphatic carboxylic acids is 1. The molecule has 2 N–H and O–H groups in total. The van der Waals surface area contributed by atoms with E-state index in [0.717, 1.165) is 5.56 Å². The van der Waals surface area contributed by atoms with Gasteiger partial charge in [-0.25, -0.2) is 0 Å². The van der Waals surface area contributed by atoms with Crippen LogP contribution in [0, 0.1) is 0 Å². The summed E-state index contributed by atoms with van der Waals surface area (Å²) in [6.45, 7) is 3.45. The van der Waals surface area contributed by atoms with Gasteiger partial charge in [0.1, 0.15) is 5.70 Å². The lowest BCUT2D eigenvalue weighted by molar-refractivity contribution is -0.164. The summed E-state index contributed by atoms with van der Waals surface area (Å²) in [5.74, 6) is -2.15. The van der Waals surface area contributed by atoms with Crippen molar-refractivity contribution in [1.82, 2.24) is 15.0 Å². The third-order valence-electron chi connectivity index (χ3n) is 4.63. The summed E-state index contributed by atoms with van der Waals surface area (Å²) in [6, 6.07) is 11.3. The number of hydrogen-bond acceptors (Lipinski definition) is 6. The quantitative estimate of drug-likeness (QED) is 0.741. The van der Waals surface area contributed by atoms with Crippen LogP contribution in [0.15, 0.2) is 66.1 Å². The van der Waals surface area contributed by atoms with Crippen LogP contribution in [0.25, 0.3) is 0 Å². The molecule has 29 heavy (non-hydrogen) atoms. The topological polar surface area (TPSA) is 103 Å². The fourth-order valence-electron chi connectivity index (χ4n) is 3.38. The Hall–Kier alpha value is -3.52. The van der Waals surface area contributed by atoms with Crippen LogP contribution in [-0.4, -0.2) is 50.4 Å². The van der Waals surface area contributed by atoms with Crippen LogP contribution in [0.4, 0.5) is 5.69 Å². The Morgan fingerprint density at radius 1 is 1.17 bits per heavy atom. The smallest absolute Gasteiger partial charge is 0.327 e. The van der Waals surface area contributed by atoms with Crippen molar-refractivity contribution >= 4 is 23.3 Å². The molecule has 0 saturated heterocycles. The molecule has 2 aromatic rings. The number of Topliss-reactive ketones (excluding diaryl/α,β-unsaturated/α-hetero) is 1. The number of pyridine rings is 1. The number of benzene rings is 1. The monoisotopic (exact) mass is 394 g/mol. The van der Waals surface area contributed by atoms with Crippen molar-refractivity contribution in [2.24, 2.45) is 0 Å². The largest absolute Gasteiger partial charge is 0.480 e. The van der Waals surface area contributed by atoms with Gasteiger partial charge in [-0.05, 0) is 31.5 Å². The van der Waals surface area contributed by atoms with Crippen LogP contribution in [0.5, 0.6) is 0 Å². The maximum absolute atomic E-state index is 13.2. The zero-order valence-electron chi connectivity index (χ0n) is 16.2. The predicted octanol–water partition coefficient (Wildman–Crippen LogP) is 2.07. The molecule has 150 valence electrons. The highest BCUT2D eigenvalue weighted by atomic mass is 16.4. The van der Waals surface area contributed by atoms with Gasteiger partial charge in [-0.1, -0.05) is 30.3 Å². The van der Waals surface area contributed by atoms with Crippen molar-refractivity contribution in [3.63, 3.8) is 0 Å². The number of hydrazine groups is 1. The van der Waals surface area contributed by atoms with Crippen LogP contribution in [0.2, 0.25) is 0 Å². The van der Waals surface area contributed by atoms with Gasteiger partial charge in [0.05, 0.1) is 17.5 Å². The number of carbonyl (C=O) groups is 3. The van der Waals surface area contributed by atoms with Crippen molar-refractivity contribution < 1.29 is 19.5 Å². The van der Waals surface area contributed by atoms with E-state index < -0.39 is 23.7 Å². The van der Waals surface area contributed by atoms with Gasteiger partial charge in [-0.2, -0.15) is 5.01 Å². The van der Waals surface area contributed by atoms with E-state index in [1.165, 1.54) is 23.1 Å². The summed E-state index contributed by atoms with van der Waals surface area (Å²) in [4.78, 5) is 41.9. The molecular weight excluding hydrogens is 372 g/mol. The van der Waals surface area contributed by atoms with Crippen molar-refractivity contribution in [2.75, 3.05) is 11.9 Å². The molecule has 0 bridgehead atoms. The second-order valence-corrected chi connectivity index (χ2v) is 6.56. The number of hydrogen-bond donors (Lipinski definition) is 2. The second kappa shape index (κ2) is 8.66. The van der Waals surface area contributed by atoms with Gasteiger partial charge in [0.15, 0.2) is 11.8 Å². The lowest BCUT2D eigenvalue weighted by Crippen LogP contribution is -2.60. The Bertz CT molecular complexity index is 944. The number of nitrogens with zero attached hydrogens (tertiary/aromatic N) is 3. The van der Waals surface area contributed by atoms with E-state index >= 15 is 0 Å². The molecule has 2 heterocycles. The fraction of sp³-hybridized carbons (Fsp3) is 0.238. The summed E-state index contributed by atoms with van der Waals surface area (Å²) in [6.07, 6.45) is 3.08. The minimum absolute atomic E-state index is 0.0379. The first-order valence-electron chi connectivity index (χ1n) is 9.21. The number of likely N-dealkylation sites (N-methyl/N-ethyl adjacent to an activating group) is 1. The second-order valence-electron chi connectivity index (χ2n) is 6.56. The van der Waals surface area contributed by atoms with Gasteiger partial charge >= 0.3 is 5.97 Å². The van der Waals surface area contributed by atoms with Crippen molar-refractivity contribution in [1.29, 1.82) is 0 Å². The van der Waals surface area contributed by atoms with E-state index in [2.05, 4.69) is 10.3 Å². The first-order valence-corrected chi connectivity index (χ1v) is 9.21. The maximum atomic E-state index is 13.2. The number of nitrogens with one attached hydrogen (secondary N) is 1. The Balaban J connectivity index is 2.11. The number of rotatable bonds is 7. The van der Waals surface area contributed by atoms with E-state index in [-0.39, 0.29) is 24.4 Å². The molecule has 1 atom stereocenters. The zero-order chi connectivity index (χ0) is 21.0. The van der Waals surface area contributed by atoms with Gasteiger partial charge < -0.3 is 10.4 Å². The highest BCUT2D eigenvalue weighted by Crippen LogP contribution is 2.29. The molecule has 0 fully saturated rings. The highest BCUT2D eigenvalue weighted by molar-refractivity contribution is 6.11. The van der Waals surface area contributed by atoms with Crippen LogP contribution >= 0.6 is 0 Å². The Morgan fingerprint density at radius 3 is 2.45 bits per heavy atom. The van der Waals surface area contributed by atoms with Crippen LogP contribution in [0.1, 0.15) is 19.4 Å². The van der Waals surface area contributed by atoms with Gasteiger partial charge in [0.25, 0.3) is 5.91 Å². The van der Waals surface area contributed by atoms with Crippen molar-refractivity contribution in [2.45, 2.75) is 26.4 Å². The molecule has 0 aliphatic carbocycles. The molecule has 1 unspecified atom stereocenters. The summed E-state index contributed by atoms with van der Waals surface area (Å²) in [5, 5.41) is 15.7. The number of aromatic nitrogens is 1. The summed E-state index contributed by atoms with van der Waals surface area (Å²) < 4.78 is 0. The van der Waals surface area contributed by atoms with Crippen molar-refractivity contribution in [3.8, 4) is 0 Å². The standard InChI is InChI=1S/C21H22N4O4/c1-3-24-20(27)18(23-16-10-7-11-22-12-16)17(14(2)26)19(21(28)29)25(24)13-15-8-5-4-6-9-15/h4-12,19,23H,3,13H2,1-2H3,(H,28,29). The summed E-state index contributed by atoms with van der Waals surface area (Å²) in [5.41, 5.74) is 1.21. The number of ketones is 1. The first kappa shape index (κ1) is 20.2. The third kappa shape index (κ3) is 4.17. The number of anilines is 1. The van der Waals surface area contributed by atoms with E-state index in [0.29, 0.717) is 5.69 Å². The first-order chi connectivity index (χ1) is 13.9. The Kier molecular flexibility index (Phi) is 6.04. The van der Waals surface area contributed by atoms with E-state index in [1.54, 1.807) is 25.3 Å². The molecule has 1 aliphatic rings. The molecule has 1 aromatic heterocycles. The molecule has 8 heteroatoms. The molecule has 0 saturated carbocycles. The predicted molar refractivity (Wildman–Crippen MR) is 106 cm³/mol. The Morgan fingerprint density at radius 2 is 1.90 bits per heavy atom. The Labute approximate surface area is 168 Å². The highest BCUT2D eigenvalue weighted by Gasteiger charge is 2.45. The van der Waals surface area contributed by atoms with Gasteiger partial charge in [-0.3, -0.25) is 24.4 Å². The normalized spacial score (nSPS) is 17.4. The lowest BCUT2D eigenvalue weighted by Gasteiger charge is -2.43. The summed E-state index contributed by atoms with van der Waals surface area (Å²) in [7, 11) is 0. The molecule has 3 rings (SSSR count). The fourth-order valence-corrected chi connectivity index (χ4v) is 3.38. The molecule has 0 radical (unpaired) electrons. The van der Waals surface area contributed by atoms with Crippen molar-refractivity contribution in [3.05, 3.63) is 71.7 Å². The minimum atomic E-state index is -1.30. The molecule has 0 spiro atoms. The van der Waals surface area contributed by atoms with Crippen LogP contribution in [-0.2, 0) is 20.9 Å². The molecule has 1 amide bonds. The third-order valence-corrected chi connectivity index (χ3v) is 4.63. The average molecular weight is 394 g/mol. The molecule has 8 nitrogen and oxygen atoms in total. The maximum Gasteiger partial charge on any atom is 0.327 e. The van der Waals surface area contributed by atoms with Crippen LogP contribution < -0.4 is 5.32 Å². The number of carboxylic acid groups (broad SMARTS) is 1. The van der Waals surface area contributed by atoms with Crippen LogP contribution in [0.3, 0.4) is 0 Å². The molecule has 1 aromatic carbocycles. The molecule has 1 aliphatic heterocycles. The van der Waals surface area contributed by atoms with Gasteiger partial charge in [0.2, 0.25) is 0 Å². The molecular formula is C21H22N4O4. The van der Waals surface area contributed by atoms with Gasteiger partial charge in [0, 0.05) is 19.3 Å². The lowest BCUT2D eigenvalue weighted by atomic mass is 9.96. The number of carbonyl (C=O) groups excluding carboxylic acids is 2. The van der Waals surface area contributed by atoms with E-state index in [4.69, 9.17) is 0 Å². The van der Waals surface area contributed by atoms with Gasteiger partial charge in [-0.15, -0.1) is 0 Å². The minimum Gasteiger partial charge on any atom is -0.480 e. The van der Waals surface area contributed by atoms with E-state index in [1.807, 2.05) is 30.3 Å². The van der Waals surface area contributed by atoms with E-state index in [9.17, 15) is 19.5 Å². The average Bonchev–Trinajstić information content (AvgIpc) is 2.71.